The van der Waals surface area contributed by atoms with Gasteiger partial charge in [-0.25, -0.2) is 9.59 Å². The third-order valence-electron chi connectivity index (χ3n) is 4.04. The van der Waals surface area contributed by atoms with Crippen molar-refractivity contribution in [3.8, 4) is 5.75 Å². The third kappa shape index (κ3) is 3.56. The maximum atomic E-state index is 12.5. The Labute approximate surface area is 155 Å². The minimum absolute atomic E-state index is 0.342. The first-order valence-corrected chi connectivity index (χ1v) is 8.68. The first kappa shape index (κ1) is 19.1. The van der Waals surface area contributed by atoms with Crippen molar-refractivity contribution in [3.05, 3.63) is 52.4 Å². The van der Waals surface area contributed by atoms with E-state index >= 15 is 0 Å². The van der Waals surface area contributed by atoms with Crippen molar-refractivity contribution in [1.29, 1.82) is 0 Å². The van der Waals surface area contributed by atoms with Crippen LogP contribution < -0.4 is 10.1 Å². The van der Waals surface area contributed by atoms with Gasteiger partial charge in [0.05, 0.1) is 38.4 Å². The van der Waals surface area contributed by atoms with Gasteiger partial charge in [0.25, 0.3) is 0 Å². The van der Waals surface area contributed by atoms with Gasteiger partial charge >= 0.3 is 11.9 Å². The van der Waals surface area contributed by atoms with Crippen molar-refractivity contribution in [2.45, 2.75) is 12.8 Å². The Balaban J connectivity index is 2.78. The summed E-state index contributed by atoms with van der Waals surface area (Å²) < 4.78 is 15.4. The van der Waals surface area contributed by atoms with E-state index in [-0.39, 0.29) is 0 Å². The zero-order chi connectivity index (χ0) is 18.6. The normalized spacial score (nSPS) is 17.1. The molecule has 0 saturated heterocycles. The fraction of sp³-hybridized carbons (Fsp3) is 0.333. The maximum absolute atomic E-state index is 12.5. The number of para-hydroxylation sites is 1. The molecule has 0 radical (unpaired) electrons. The van der Waals surface area contributed by atoms with E-state index in [1.165, 1.54) is 14.2 Å². The molecule has 1 aliphatic heterocycles. The molecule has 25 heavy (non-hydrogen) atoms. The summed E-state index contributed by atoms with van der Waals surface area (Å²) in [7, 11) is 4.16. The van der Waals surface area contributed by atoms with Crippen LogP contribution in [0.2, 0.25) is 0 Å². The van der Waals surface area contributed by atoms with Gasteiger partial charge in [0.1, 0.15) is 5.75 Å². The lowest BCUT2D eigenvalue weighted by atomic mass is 9.80. The van der Waals surface area contributed by atoms with Crippen LogP contribution in [0, 0.1) is 0 Å². The summed E-state index contributed by atoms with van der Waals surface area (Å²) in [6.45, 7) is 1.77. The average molecular weight is 410 g/mol. The Morgan fingerprint density at radius 1 is 1.08 bits per heavy atom. The minimum atomic E-state index is -0.662. The molecule has 0 bridgehead atoms. The average Bonchev–Trinajstić information content (AvgIpc) is 2.65. The van der Waals surface area contributed by atoms with Crippen LogP contribution in [0.25, 0.3) is 0 Å². The van der Waals surface area contributed by atoms with Gasteiger partial charge in [0.15, 0.2) is 0 Å². The molecule has 0 saturated carbocycles. The van der Waals surface area contributed by atoms with E-state index in [4.69, 9.17) is 14.2 Å². The summed E-state index contributed by atoms with van der Waals surface area (Å²) in [5.41, 5.74) is 2.62. The van der Waals surface area contributed by atoms with Gasteiger partial charge in [-0.15, -0.1) is 0 Å². The van der Waals surface area contributed by atoms with Crippen LogP contribution in [-0.4, -0.2) is 38.6 Å². The van der Waals surface area contributed by atoms with Crippen molar-refractivity contribution >= 4 is 27.9 Å². The molecular weight excluding hydrogens is 390 g/mol. The second-order valence-electron chi connectivity index (χ2n) is 5.35. The number of esters is 2. The molecule has 0 fully saturated rings. The van der Waals surface area contributed by atoms with Gasteiger partial charge in [-0.05, 0) is 13.0 Å². The second-order valence-corrected chi connectivity index (χ2v) is 5.91. The first-order chi connectivity index (χ1) is 12.0. The molecule has 0 spiro atoms. The number of alkyl halides is 1. The van der Waals surface area contributed by atoms with Crippen LogP contribution in [-0.2, 0) is 19.1 Å². The van der Waals surface area contributed by atoms with E-state index < -0.39 is 17.9 Å². The maximum Gasteiger partial charge on any atom is 0.336 e. The SMILES string of the molecule is COC(=O)C1=C(C)NC(CBr)=C(C(=O)OC)C1c1ccccc1OC. The Morgan fingerprint density at radius 3 is 2.24 bits per heavy atom. The van der Waals surface area contributed by atoms with Gasteiger partial charge in [0.2, 0.25) is 0 Å². The molecule has 134 valence electrons. The fourth-order valence-electron chi connectivity index (χ4n) is 2.95. The number of carbonyl (C=O) groups excluding carboxylic acids is 2. The van der Waals surface area contributed by atoms with Crippen LogP contribution in [0.15, 0.2) is 46.8 Å². The van der Waals surface area contributed by atoms with E-state index in [0.29, 0.717) is 39.2 Å². The van der Waals surface area contributed by atoms with E-state index in [2.05, 4.69) is 21.2 Å². The van der Waals surface area contributed by atoms with Gasteiger partial charge in [-0.2, -0.15) is 0 Å². The topological polar surface area (TPSA) is 73.9 Å². The van der Waals surface area contributed by atoms with Gasteiger partial charge < -0.3 is 19.5 Å². The lowest BCUT2D eigenvalue weighted by molar-refractivity contribution is -0.137. The van der Waals surface area contributed by atoms with Crippen LogP contribution in [0.5, 0.6) is 5.75 Å². The molecule has 1 heterocycles. The summed E-state index contributed by atoms with van der Waals surface area (Å²) in [5.74, 6) is -1.13. The standard InChI is InChI=1S/C18H20BrNO5/c1-10-14(17(21)24-3)15(11-7-5-6-8-13(11)23-2)16(18(22)25-4)12(9-19)20-10/h5-8,15,20H,9H2,1-4H3. The molecule has 0 aliphatic carbocycles. The Bertz CT molecular complexity index is 754. The number of hydrogen-bond donors (Lipinski definition) is 1. The predicted octanol–water partition coefficient (Wildman–Crippen LogP) is 2.65. The molecule has 6 nitrogen and oxygen atoms in total. The zero-order valence-electron chi connectivity index (χ0n) is 14.5. The quantitative estimate of drug-likeness (QED) is 0.595. The number of halogens is 1. The third-order valence-corrected chi connectivity index (χ3v) is 4.60. The zero-order valence-corrected chi connectivity index (χ0v) is 16.1. The monoisotopic (exact) mass is 409 g/mol. The molecule has 1 aromatic rings. The Morgan fingerprint density at radius 2 is 1.68 bits per heavy atom. The van der Waals surface area contributed by atoms with Gasteiger partial charge in [0, 0.05) is 22.3 Å². The smallest absolute Gasteiger partial charge is 0.336 e. The number of allylic oxidation sites excluding steroid dienone is 2. The fourth-order valence-corrected chi connectivity index (χ4v) is 3.39. The van der Waals surface area contributed by atoms with E-state index in [1.54, 1.807) is 20.1 Å². The van der Waals surface area contributed by atoms with Crippen LogP contribution >= 0.6 is 15.9 Å². The number of nitrogens with one attached hydrogen (secondary N) is 1. The number of benzene rings is 1. The molecule has 7 heteroatoms. The highest BCUT2D eigenvalue weighted by atomic mass is 79.9. The lowest BCUT2D eigenvalue weighted by Gasteiger charge is -2.31. The van der Waals surface area contributed by atoms with E-state index in [9.17, 15) is 9.59 Å². The van der Waals surface area contributed by atoms with E-state index in [0.717, 1.165) is 0 Å². The molecular formula is C18H20BrNO5. The van der Waals surface area contributed by atoms with Gasteiger partial charge in [-0.3, -0.25) is 0 Å². The number of ether oxygens (including phenoxy) is 3. The summed E-state index contributed by atoms with van der Waals surface area (Å²) in [6.07, 6.45) is 0. The van der Waals surface area contributed by atoms with Crippen LogP contribution in [0.4, 0.5) is 0 Å². The molecule has 1 aliphatic rings. The van der Waals surface area contributed by atoms with E-state index in [1.807, 2.05) is 18.2 Å². The highest BCUT2D eigenvalue weighted by molar-refractivity contribution is 9.09. The van der Waals surface area contributed by atoms with Gasteiger partial charge in [-0.1, -0.05) is 34.1 Å². The Kier molecular flexibility index (Phi) is 6.25. The molecule has 1 atom stereocenters. The molecule has 2 rings (SSSR count). The molecule has 0 amide bonds. The summed E-state index contributed by atoms with van der Waals surface area (Å²) in [6, 6.07) is 7.25. The number of hydrogen-bond acceptors (Lipinski definition) is 6. The van der Waals surface area contributed by atoms with Crippen LogP contribution in [0.3, 0.4) is 0 Å². The van der Waals surface area contributed by atoms with Crippen molar-refractivity contribution in [3.63, 3.8) is 0 Å². The largest absolute Gasteiger partial charge is 0.496 e. The molecule has 1 unspecified atom stereocenters. The molecule has 1 aromatic carbocycles. The summed E-state index contributed by atoms with van der Waals surface area (Å²) in [5, 5.41) is 3.50. The highest BCUT2D eigenvalue weighted by Gasteiger charge is 2.39. The summed E-state index contributed by atoms with van der Waals surface area (Å²) >= 11 is 3.39. The predicted molar refractivity (Wildman–Crippen MR) is 96.4 cm³/mol. The first-order valence-electron chi connectivity index (χ1n) is 7.56. The highest BCUT2D eigenvalue weighted by Crippen LogP contribution is 2.42. The van der Waals surface area contributed by atoms with Crippen molar-refractivity contribution < 1.29 is 23.8 Å². The Hall–Kier alpha value is -2.28. The molecule has 1 N–H and O–H groups in total. The number of carbonyl (C=O) groups is 2. The molecule has 0 aromatic heterocycles. The van der Waals surface area contributed by atoms with Crippen LogP contribution in [0.1, 0.15) is 18.4 Å². The number of methoxy groups -OCH3 is 3. The number of rotatable bonds is 5. The number of dihydropyridines is 1. The second kappa shape index (κ2) is 8.20. The summed E-state index contributed by atoms with van der Waals surface area (Å²) in [4.78, 5) is 25.0. The van der Waals surface area contributed by atoms with Crippen molar-refractivity contribution in [1.82, 2.24) is 5.32 Å². The van der Waals surface area contributed by atoms with Crippen molar-refractivity contribution in [2.75, 3.05) is 26.7 Å². The minimum Gasteiger partial charge on any atom is -0.496 e. The van der Waals surface area contributed by atoms with Crippen molar-refractivity contribution in [2.24, 2.45) is 0 Å². The lowest BCUT2D eigenvalue weighted by Crippen LogP contribution is -2.33.